The zero-order chi connectivity index (χ0) is 21.6. The lowest BCUT2D eigenvalue weighted by molar-refractivity contribution is 0.288. The third kappa shape index (κ3) is 4.61. The van der Waals surface area contributed by atoms with Crippen LogP contribution in [0.15, 0.2) is 79.3 Å². The highest BCUT2D eigenvalue weighted by Crippen LogP contribution is 2.30. The molecule has 4 aromatic rings. The Morgan fingerprint density at radius 2 is 1.62 bits per heavy atom. The van der Waals surface area contributed by atoms with Gasteiger partial charge in [-0.1, -0.05) is 36.4 Å². The Bertz CT molecular complexity index is 1110. The molecule has 1 saturated heterocycles. The van der Waals surface area contributed by atoms with Crippen LogP contribution < -0.4 is 9.64 Å². The predicted molar refractivity (Wildman–Crippen MR) is 123 cm³/mol. The lowest BCUT2D eigenvalue weighted by Gasteiger charge is -2.32. The molecule has 7 heteroatoms. The zero-order valence-corrected chi connectivity index (χ0v) is 17.9. The third-order valence-electron chi connectivity index (χ3n) is 5.89. The minimum absolute atomic E-state index is 0.362. The van der Waals surface area contributed by atoms with Crippen molar-refractivity contribution in [2.75, 3.05) is 18.0 Å². The van der Waals surface area contributed by atoms with E-state index in [1.54, 1.807) is 12.4 Å². The molecule has 0 spiro atoms. The van der Waals surface area contributed by atoms with Gasteiger partial charge in [0.1, 0.15) is 24.0 Å². The summed E-state index contributed by atoms with van der Waals surface area (Å²) in [4.78, 5) is 10.9. The van der Waals surface area contributed by atoms with Crippen LogP contribution in [0.3, 0.4) is 0 Å². The van der Waals surface area contributed by atoms with Crippen LogP contribution in [0.2, 0.25) is 0 Å². The number of aromatic nitrogens is 5. The summed E-state index contributed by atoms with van der Waals surface area (Å²) in [5.41, 5.74) is 1.23. The van der Waals surface area contributed by atoms with Crippen LogP contribution in [0.25, 0.3) is 0 Å². The highest BCUT2D eigenvalue weighted by Gasteiger charge is 2.27. The topological polar surface area (TPSA) is 69.0 Å². The highest BCUT2D eigenvalue weighted by atomic mass is 16.5. The maximum atomic E-state index is 5.97. The minimum Gasteiger partial charge on any atom is -0.485 e. The summed E-state index contributed by atoms with van der Waals surface area (Å²) >= 11 is 0. The highest BCUT2D eigenvalue weighted by molar-refractivity contribution is 5.38. The molecular formula is C25H26N6O. The third-order valence-corrected chi connectivity index (χ3v) is 5.89. The lowest BCUT2D eigenvalue weighted by Crippen LogP contribution is -2.34. The fourth-order valence-corrected chi connectivity index (χ4v) is 4.19. The minimum atomic E-state index is 0.362. The Labute approximate surface area is 187 Å². The van der Waals surface area contributed by atoms with Crippen LogP contribution in [-0.4, -0.2) is 37.8 Å². The summed E-state index contributed by atoms with van der Waals surface area (Å²) in [7, 11) is 0. The van der Waals surface area contributed by atoms with Gasteiger partial charge in [0.05, 0.1) is 6.54 Å². The number of hydrogen-bond acceptors (Lipinski definition) is 6. The molecule has 0 N–H and O–H groups in total. The first-order valence-electron chi connectivity index (χ1n) is 11.0. The molecule has 0 unspecified atom stereocenters. The molecule has 0 bridgehead atoms. The Balaban J connectivity index is 1.35. The largest absolute Gasteiger partial charge is 0.485 e. The zero-order valence-electron chi connectivity index (χ0n) is 17.9. The van der Waals surface area contributed by atoms with Gasteiger partial charge in [0.15, 0.2) is 5.82 Å². The number of pyridine rings is 2. The smallest absolute Gasteiger partial charge is 0.171 e. The normalized spacial score (nSPS) is 14.4. The van der Waals surface area contributed by atoms with Gasteiger partial charge in [-0.15, -0.1) is 10.2 Å². The molecule has 5 rings (SSSR count). The van der Waals surface area contributed by atoms with E-state index in [1.165, 1.54) is 5.56 Å². The predicted octanol–water partition coefficient (Wildman–Crippen LogP) is 4.08. The number of benzene rings is 1. The second-order valence-corrected chi connectivity index (χ2v) is 7.97. The maximum absolute atomic E-state index is 5.97. The van der Waals surface area contributed by atoms with Crippen molar-refractivity contribution >= 4 is 5.82 Å². The molecule has 0 aliphatic carbocycles. The Morgan fingerprint density at radius 3 is 2.38 bits per heavy atom. The molecule has 0 saturated carbocycles. The fraction of sp³-hybridized carbons (Fsp3) is 0.280. The number of rotatable bonds is 7. The molecular weight excluding hydrogens is 400 g/mol. The van der Waals surface area contributed by atoms with Gasteiger partial charge in [-0.25, -0.2) is 4.98 Å². The summed E-state index contributed by atoms with van der Waals surface area (Å²) in [6.45, 7) is 3.03. The maximum Gasteiger partial charge on any atom is 0.171 e. The van der Waals surface area contributed by atoms with E-state index in [9.17, 15) is 0 Å². The summed E-state index contributed by atoms with van der Waals surface area (Å²) in [5, 5.41) is 9.16. The molecule has 0 atom stereocenters. The van der Waals surface area contributed by atoms with Gasteiger partial charge in [-0.05, 0) is 42.7 Å². The van der Waals surface area contributed by atoms with Crippen LogP contribution in [0.1, 0.15) is 36.0 Å². The van der Waals surface area contributed by atoms with Crippen LogP contribution in [0.4, 0.5) is 5.82 Å². The van der Waals surface area contributed by atoms with Crippen molar-refractivity contribution in [3.8, 4) is 5.75 Å². The van der Waals surface area contributed by atoms with Crippen molar-refractivity contribution < 1.29 is 4.74 Å². The molecule has 1 fully saturated rings. The number of anilines is 1. The quantitative estimate of drug-likeness (QED) is 0.444. The molecule has 7 nitrogen and oxygen atoms in total. The molecule has 0 amide bonds. The van der Waals surface area contributed by atoms with Crippen LogP contribution in [-0.2, 0) is 13.2 Å². The van der Waals surface area contributed by atoms with Crippen LogP contribution in [0.5, 0.6) is 5.75 Å². The van der Waals surface area contributed by atoms with Gasteiger partial charge in [0.2, 0.25) is 0 Å². The van der Waals surface area contributed by atoms with Crippen LogP contribution >= 0.6 is 0 Å². The molecule has 4 heterocycles. The van der Waals surface area contributed by atoms with E-state index in [4.69, 9.17) is 4.74 Å². The summed E-state index contributed by atoms with van der Waals surface area (Å²) < 4.78 is 8.20. The van der Waals surface area contributed by atoms with Crippen molar-refractivity contribution in [2.24, 2.45) is 0 Å². The van der Waals surface area contributed by atoms with Crippen molar-refractivity contribution in [2.45, 2.75) is 31.9 Å². The Kier molecular flexibility index (Phi) is 6.05. The van der Waals surface area contributed by atoms with Crippen LogP contribution in [0, 0.1) is 0 Å². The lowest BCUT2D eigenvalue weighted by atomic mass is 9.95. The van der Waals surface area contributed by atoms with E-state index in [2.05, 4.69) is 60.0 Å². The first-order chi connectivity index (χ1) is 15.9. The molecule has 1 aromatic carbocycles. The number of piperidine rings is 1. The van der Waals surface area contributed by atoms with Crippen molar-refractivity contribution in [1.29, 1.82) is 0 Å². The van der Waals surface area contributed by atoms with Crippen molar-refractivity contribution in [3.63, 3.8) is 0 Å². The second-order valence-electron chi connectivity index (χ2n) is 7.97. The van der Waals surface area contributed by atoms with E-state index in [0.29, 0.717) is 12.5 Å². The first-order valence-corrected chi connectivity index (χ1v) is 11.0. The number of ether oxygens (including phenoxy) is 1. The molecule has 162 valence electrons. The SMILES string of the molecule is c1ccc(Cn2c(COc3ccncc3)nnc2C2CCN(c3ccccn3)CC2)cc1. The average Bonchev–Trinajstić information content (AvgIpc) is 3.27. The van der Waals surface area contributed by atoms with Gasteiger partial charge in [-0.2, -0.15) is 0 Å². The van der Waals surface area contributed by atoms with E-state index in [0.717, 1.165) is 55.7 Å². The molecule has 1 aliphatic heterocycles. The van der Waals surface area contributed by atoms with Gasteiger partial charge in [0.25, 0.3) is 0 Å². The van der Waals surface area contributed by atoms with Crippen molar-refractivity contribution in [1.82, 2.24) is 24.7 Å². The summed E-state index contributed by atoms with van der Waals surface area (Å²) in [5.74, 6) is 4.07. The fourth-order valence-electron chi connectivity index (χ4n) is 4.19. The second kappa shape index (κ2) is 9.60. The molecule has 3 aromatic heterocycles. The molecule has 0 radical (unpaired) electrons. The van der Waals surface area contributed by atoms with E-state index < -0.39 is 0 Å². The van der Waals surface area contributed by atoms with E-state index >= 15 is 0 Å². The number of nitrogens with zero attached hydrogens (tertiary/aromatic N) is 6. The van der Waals surface area contributed by atoms with Crippen molar-refractivity contribution in [3.05, 3.63) is 96.5 Å². The summed E-state index contributed by atoms with van der Waals surface area (Å²) in [6.07, 6.45) is 7.35. The molecule has 32 heavy (non-hydrogen) atoms. The van der Waals surface area contributed by atoms with Gasteiger partial charge in [-0.3, -0.25) is 4.98 Å². The van der Waals surface area contributed by atoms with E-state index in [1.807, 2.05) is 36.5 Å². The van der Waals surface area contributed by atoms with E-state index in [-0.39, 0.29) is 0 Å². The summed E-state index contributed by atoms with van der Waals surface area (Å²) in [6, 6.07) is 20.2. The monoisotopic (exact) mass is 426 g/mol. The average molecular weight is 427 g/mol. The molecule has 1 aliphatic rings. The van der Waals surface area contributed by atoms with Gasteiger partial charge in [0, 0.05) is 37.6 Å². The standard InChI is InChI=1S/C25H26N6O/c1-2-6-20(7-3-1)18-31-24(19-32-22-9-14-26-15-10-22)28-29-25(31)21-11-16-30(17-12-21)23-8-4-5-13-27-23/h1-10,13-15,21H,11-12,16-19H2. The Morgan fingerprint density at radius 1 is 0.844 bits per heavy atom. The van der Waals surface area contributed by atoms with Gasteiger partial charge < -0.3 is 14.2 Å². The number of hydrogen-bond donors (Lipinski definition) is 0. The first kappa shape index (κ1) is 20.2. The van der Waals surface area contributed by atoms with Gasteiger partial charge >= 0.3 is 0 Å². The Hall–Kier alpha value is -3.74.